The maximum Gasteiger partial charge on any atom is 0.410 e. The minimum Gasteiger partial charge on any atom is -0.444 e. The summed E-state index contributed by atoms with van der Waals surface area (Å²) in [5.74, 6) is 0.676. The van der Waals surface area contributed by atoms with Gasteiger partial charge < -0.3 is 19.0 Å². The van der Waals surface area contributed by atoms with Crippen LogP contribution < -0.4 is 0 Å². The number of ether oxygens (including phenoxy) is 1. The van der Waals surface area contributed by atoms with Crippen molar-refractivity contribution in [2.45, 2.75) is 70.1 Å². The Hall–Kier alpha value is -2.05. The number of rotatable bonds is 2. The Labute approximate surface area is 147 Å². The van der Waals surface area contributed by atoms with Crippen LogP contribution in [0.4, 0.5) is 4.79 Å². The molecule has 3 aliphatic heterocycles. The molecule has 2 bridgehead atoms. The average molecular weight is 347 g/mol. The first kappa shape index (κ1) is 16.4. The molecule has 1 aromatic rings. The van der Waals surface area contributed by atoms with Crippen LogP contribution in [0, 0.1) is 0 Å². The quantitative estimate of drug-likeness (QED) is 0.822. The number of carbonyl (C=O) groups excluding carboxylic acids is 2. The van der Waals surface area contributed by atoms with E-state index in [4.69, 9.17) is 9.15 Å². The summed E-state index contributed by atoms with van der Waals surface area (Å²) in [5, 5.41) is 0. The van der Waals surface area contributed by atoms with Gasteiger partial charge in [0.25, 0.3) is 5.91 Å². The molecule has 2 unspecified atom stereocenters. The highest BCUT2D eigenvalue weighted by atomic mass is 16.6. The van der Waals surface area contributed by atoms with E-state index in [0.29, 0.717) is 24.8 Å². The van der Waals surface area contributed by atoms with Gasteiger partial charge in [-0.3, -0.25) is 4.79 Å². The average Bonchev–Trinajstić information content (AvgIpc) is 3.29. The molecule has 7 nitrogen and oxygen atoms in total. The molecule has 4 aliphatic rings. The summed E-state index contributed by atoms with van der Waals surface area (Å²) in [7, 11) is 0. The molecule has 3 saturated heterocycles. The number of piperidine rings is 2. The lowest BCUT2D eigenvalue weighted by molar-refractivity contribution is -0.0349. The second kappa shape index (κ2) is 5.75. The number of piperazine rings is 1. The van der Waals surface area contributed by atoms with E-state index in [-0.39, 0.29) is 24.1 Å². The Morgan fingerprint density at radius 1 is 1.12 bits per heavy atom. The maximum absolute atomic E-state index is 13.0. The van der Waals surface area contributed by atoms with Gasteiger partial charge in [0.05, 0.1) is 17.8 Å². The second-order valence-electron chi connectivity index (χ2n) is 8.32. The van der Waals surface area contributed by atoms with E-state index in [9.17, 15) is 9.59 Å². The van der Waals surface area contributed by atoms with Crippen molar-refractivity contribution in [3.8, 4) is 0 Å². The van der Waals surface area contributed by atoms with Gasteiger partial charge in [0.15, 0.2) is 6.39 Å². The van der Waals surface area contributed by atoms with Gasteiger partial charge >= 0.3 is 6.09 Å². The van der Waals surface area contributed by atoms with Crippen molar-refractivity contribution in [3.63, 3.8) is 0 Å². The molecule has 1 aromatic heterocycles. The molecular weight excluding hydrogens is 322 g/mol. The molecule has 4 heterocycles. The molecule has 0 aromatic carbocycles. The molecule has 25 heavy (non-hydrogen) atoms. The lowest BCUT2D eigenvalue weighted by Gasteiger charge is -2.50. The highest BCUT2D eigenvalue weighted by Gasteiger charge is 2.46. The lowest BCUT2D eigenvalue weighted by atomic mass is 9.90. The van der Waals surface area contributed by atoms with Gasteiger partial charge in [-0.25, -0.2) is 9.78 Å². The van der Waals surface area contributed by atoms with Crippen molar-refractivity contribution in [2.24, 2.45) is 0 Å². The molecule has 0 radical (unpaired) electrons. The fraction of sp³-hybridized carbons (Fsp3) is 0.722. The van der Waals surface area contributed by atoms with Crippen LogP contribution >= 0.6 is 0 Å². The van der Waals surface area contributed by atoms with Crippen molar-refractivity contribution in [1.82, 2.24) is 14.8 Å². The number of aromatic nitrogens is 1. The number of carbonyl (C=O) groups is 2. The molecule has 2 amide bonds. The molecule has 1 saturated carbocycles. The maximum atomic E-state index is 13.0. The Bertz CT molecular complexity index is 689. The number of nitrogens with zero attached hydrogens (tertiary/aromatic N) is 3. The summed E-state index contributed by atoms with van der Waals surface area (Å²) in [4.78, 5) is 33.3. The zero-order valence-electron chi connectivity index (χ0n) is 15.0. The monoisotopic (exact) mass is 347 g/mol. The fourth-order valence-corrected chi connectivity index (χ4v) is 3.81. The van der Waals surface area contributed by atoms with Crippen LogP contribution in [0.1, 0.15) is 68.6 Å². The zero-order chi connectivity index (χ0) is 17.8. The van der Waals surface area contributed by atoms with Gasteiger partial charge in [0.2, 0.25) is 5.76 Å². The fourth-order valence-electron chi connectivity index (χ4n) is 3.81. The topological polar surface area (TPSA) is 75.9 Å². The van der Waals surface area contributed by atoms with Gasteiger partial charge in [-0.1, -0.05) is 0 Å². The van der Waals surface area contributed by atoms with E-state index < -0.39 is 5.60 Å². The van der Waals surface area contributed by atoms with Gasteiger partial charge in [-0.2, -0.15) is 0 Å². The largest absolute Gasteiger partial charge is 0.444 e. The van der Waals surface area contributed by atoms with Crippen molar-refractivity contribution < 1.29 is 18.7 Å². The first-order chi connectivity index (χ1) is 11.8. The molecule has 0 spiro atoms. The van der Waals surface area contributed by atoms with Crippen molar-refractivity contribution >= 4 is 12.0 Å². The molecule has 136 valence electrons. The summed E-state index contributed by atoms with van der Waals surface area (Å²) < 4.78 is 10.9. The third kappa shape index (κ3) is 3.12. The van der Waals surface area contributed by atoms with Crippen LogP contribution in [0.15, 0.2) is 10.8 Å². The van der Waals surface area contributed by atoms with Crippen molar-refractivity contribution in [3.05, 3.63) is 17.8 Å². The Kier molecular flexibility index (Phi) is 3.77. The summed E-state index contributed by atoms with van der Waals surface area (Å²) in [5.41, 5.74) is 0.290. The minimum absolute atomic E-state index is 0.0103. The lowest BCUT2D eigenvalue weighted by Crippen LogP contribution is -2.65. The van der Waals surface area contributed by atoms with E-state index in [1.165, 1.54) is 6.39 Å². The number of hydrogen-bond donors (Lipinski definition) is 0. The van der Waals surface area contributed by atoms with E-state index in [1.807, 2.05) is 25.7 Å². The highest BCUT2D eigenvalue weighted by molar-refractivity contribution is 5.93. The van der Waals surface area contributed by atoms with Gasteiger partial charge in [0.1, 0.15) is 5.60 Å². The Balaban J connectivity index is 1.47. The normalized spacial score (nSPS) is 26.0. The van der Waals surface area contributed by atoms with Crippen LogP contribution in [0.2, 0.25) is 0 Å². The molecule has 5 rings (SSSR count). The summed E-state index contributed by atoms with van der Waals surface area (Å²) in [6.07, 6.45) is 5.04. The first-order valence-electron chi connectivity index (χ1n) is 9.07. The third-order valence-corrected chi connectivity index (χ3v) is 5.17. The summed E-state index contributed by atoms with van der Waals surface area (Å²) >= 11 is 0. The smallest absolute Gasteiger partial charge is 0.410 e. The molecular formula is C18H25N3O4. The number of amides is 2. The van der Waals surface area contributed by atoms with Crippen LogP contribution in [0.5, 0.6) is 0 Å². The van der Waals surface area contributed by atoms with Crippen LogP contribution in [0.25, 0.3) is 0 Å². The standard InChI is InChI=1S/C18H25N3O4/c1-18(2,3)25-17(23)21-9-12-6-7-13(21)8-20(12)16(22)15-14(11-4-5-11)19-10-24-15/h10-13H,4-9H2,1-3H3. The second-order valence-corrected chi connectivity index (χ2v) is 8.32. The zero-order valence-corrected chi connectivity index (χ0v) is 15.0. The van der Waals surface area contributed by atoms with Crippen LogP contribution in [-0.2, 0) is 4.74 Å². The Morgan fingerprint density at radius 2 is 1.76 bits per heavy atom. The SMILES string of the molecule is CC(C)(C)OC(=O)N1CC2CCC1CN2C(=O)c1ocnc1C1CC1. The number of oxazole rings is 1. The van der Waals surface area contributed by atoms with Gasteiger partial charge in [-0.15, -0.1) is 0 Å². The predicted molar refractivity (Wildman–Crippen MR) is 89.3 cm³/mol. The highest BCUT2D eigenvalue weighted by Crippen LogP contribution is 2.41. The predicted octanol–water partition coefficient (Wildman–Crippen LogP) is 2.78. The van der Waals surface area contributed by atoms with Gasteiger partial charge in [0, 0.05) is 19.0 Å². The molecule has 1 aliphatic carbocycles. The first-order valence-corrected chi connectivity index (χ1v) is 9.07. The van der Waals surface area contributed by atoms with Crippen LogP contribution in [0.3, 0.4) is 0 Å². The number of hydrogen-bond acceptors (Lipinski definition) is 5. The number of fused-ring (bicyclic) bond motifs is 3. The Morgan fingerprint density at radius 3 is 2.32 bits per heavy atom. The molecule has 7 heteroatoms. The van der Waals surface area contributed by atoms with Crippen molar-refractivity contribution in [2.75, 3.05) is 13.1 Å². The molecule has 0 N–H and O–H groups in total. The third-order valence-electron chi connectivity index (χ3n) is 5.17. The van der Waals surface area contributed by atoms with E-state index in [0.717, 1.165) is 31.4 Å². The molecule has 4 fully saturated rings. The minimum atomic E-state index is -0.512. The van der Waals surface area contributed by atoms with E-state index in [1.54, 1.807) is 4.90 Å². The summed E-state index contributed by atoms with van der Waals surface area (Å²) in [6.45, 7) is 6.66. The van der Waals surface area contributed by atoms with Crippen molar-refractivity contribution in [1.29, 1.82) is 0 Å². The van der Waals surface area contributed by atoms with E-state index in [2.05, 4.69) is 4.98 Å². The summed E-state index contributed by atoms with van der Waals surface area (Å²) in [6, 6.07) is 0.0262. The van der Waals surface area contributed by atoms with E-state index >= 15 is 0 Å². The van der Waals surface area contributed by atoms with Crippen LogP contribution in [-0.4, -0.2) is 57.6 Å². The van der Waals surface area contributed by atoms with Gasteiger partial charge in [-0.05, 0) is 46.5 Å². The molecule has 2 atom stereocenters.